The number of fused-ring (bicyclic) bond motifs is 2. The van der Waals surface area contributed by atoms with E-state index in [0.717, 1.165) is 0 Å². The molecule has 0 amide bonds. The summed E-state index contributed by atoms with van der Waals surface area (Å²) in [5.41, 5.74) is 23.2. The van der Waals surface area contributed by atoms with Gasteiger partial charge in [0.25, 0.3) is 0 Å². The first-order valence-corrected chi connectivity index (χ1v) is 13.5. The lowest BCUT2D eigenvalue weighted by Gasteiger charge is -2.21. The Morgan fingerprint density at radius 3 is 0.324 bits per heavy atom. The number of aryl methyl sites for hydroxylation is 8. The van der Waals surface area contributed by atoms with Gasteiger partial charge in [-0.25, -0.2) is 0 Å². The van der Waals surface area contributed by atoms with Crippen molar-refractivity contribution in [3.63, 3.8) is 0 Å². The largest absolute Gasteiger partial charge is 0.0776 e. The maximum atomic E-state index is 2.27. The SMILES string of the molecule is C.Cc1c(C)c(C)c2c(C)c(C)c(C)c(C)c2c1C.Cc1c(C)c(C)c2c(C)c(C)c(C)c(C)c2c1C. The van der Waals surface area contributed by atoms with E-state index in [4.69, 9.17) is 0 Å². The van der Waals surface area contributed by atoms with Crippen molar-refractivity contribution in [2.75, 3.05) is 0 Å². The Labute approximate surface area is 228 Å². The molecule has 0 heteroatoms. The Kier molecular flexibility index (Phi) is 8.81. The highest BCUT2D eigenvalue weighted by molar-refractivity contribution is 5.98. The summed E-state index contributed by atoms with van der Waals surface area (Å²) in [6.45, 7) is 36.2. The molecule has 0 aliphatic heterocycles. The lowest BCUT2D eigenvalue weighted by molar-refractivity contribution is 1.20. The van der Waals surface area contributed by atoms with E-state index >= 15 is 0 Å². The van der Waals surface area contributed by atoms with E-state index in [1.165, 1.54) is 111 Å². The van der Waals surface area contributed by atoms with Gasteiger partial charge in [0, 0.05) is 0 Å². The molecule has 0 saturated heterocycles. The van der Waals surface area contributed by atoms with Crippen LogP contribution in [0.2, 0.25) is 0 Å². The molecule has 0 heterocycles. The standard InChI is InChI=1S/2C18H24.CH4/c2*1-9-10(2)14(6)18-16(8)12(4)11(3)15(7)17(18)13(9)5;/h2*1-8H3;1H4. The average Bonchev–Trinajstić information content (AvgIpc) is 2.85. The summed E-state index contributed by atoms with van der Waals surface area (Å²) < 4.78 is 0. The first-order valence-electron chi connectivity index (χ1n) is 13.5. The number of rotatable bonds is 0. The highest BCUT2D eigenvalue weighted by Gasteiger charge is 2.17. The van der Waals surface area contributed by atoms with Crippen molar-refractivity contribution in [2.24, 2.45) is 0 Å². The molecule has 0 nitrogen and oxygen atoms in total. The van der Waals surface area contributed by atoms with E-state index in [0.29, 0.717) is 0 Å². The number of benzene rings is 4. The van der Waals surface area contributed by atoms with E-state index < -0.39 is 0 Å². The summed E-state index contributed by atoms with van der Waals surface area (Å²) in [4.78, 5) is 0. The van der Waals surface area contributed by atoms with Crippen molar-refractivity contribution in [3.8, 4) is 0 Å². The Balaban J connectivity index is 0.000000253. The van der Waals surface area contributed by atoms with Crippen LogP contribution < -0.4 is 0 Å². The quantitative estimate of drug-likeness (QED) is 0.227. The maximum Gasteiger partial charge on any atom is -0.0114 e. The first-order chi connectivity index (χ1) is 16.6. The van der Waals surface area contributed by atoms with E-state index in [2.05, 4.69) is 111 Å². The van der Waals surface area contributed by atoms with Crippen molar-refractivity contribution >= 4 is 21.5 Å². The summed E-state index contributed by atoms with van der Waals surface area (Å²) in [6, 6.07) is 0. The van der Waals surface area contributed by atoms with Crippen LogP contribution in [0.1, 0.15) is 96.4 Å². The molecule has 0 aliphatic carbocycles. The lowest BCUT2D eigenvalue weighted by atomic mass is 9.83. The van der Waals surface area contributed by atoms with Crippen LogP contribution in [0.15, 0.2) is 0 Å². The van der Waals surface area contributed by atoms with Crippen molar-refractivity contribution in [1.82, 2.24) is 0 Å². The topological polar surface area (TPSA) is 0 Å². The molecule has 37 heavy (non-hydrogen) atoms. The number of hydrogen-bond acceptors (Lipinski definition) is 0. The third-order valence-electron chi connectivity index (χ3n) is 10.2. The molecule has 200 valence electrons. The molecule has 0 N–H and O–H groups in total. The maximum absolute atomic E-state index is 2.27. The minimum absolute atomic E-state index is 0. The fourth-order valence-corrected chi connectivity index (χ4v) is 6.38. The van der Waals surface area contributed by atoms with E-state index in [-0.39, 0.29) is 7.43 Å². The smallest absolute Gasteiger partial charge is 0.0114 e. The molecule has 4 aromatic rings. The fourth-order valence-electron chi connectivity index (χ4n) is 6.38. The van der Waals surface area contributed by atoms with Crippen LogP contribution in [0, 0.1) is 111 Å². The molecule has 0 aromatic heterocycles. The predicted octanol–water partition coefficient (Wildman–Crippen LogP) is 11.3. The van der Waals surface area contributed by atoms with Crippen LogP contribution in [0.25, 0.3) is 21.5 Å². The van der Waals surface area contributed by atoms with Gasteiger partial charge in [-0.2, -0.15) is 0 Å². The molecule has 0 saturated carbocycles. The molecule has 0 radical (unpaired) electrons. The second-order valence-electron chi connectivity index (χ2n) is 11.5. The van der Waals surface area contributed by atoms with Crippen molar-refractivity contribution in [2.45, 2.75) is 118 Å². The van der Waals surface area contributed by atoms with Gasteiger partial charge in [-0.05, 0) is 221 Å². The van der Waals surface area contributed by atoms with Gasteiger partial charge in [0.05, 0.1) is 0 Å². The van der Waals surface area contributed by atoms with Crippen LogP contribution in [-0.4, -0.2) is 0 Å². The van der Waals surface area contributed by atoms with Crippen molar-refractivity contribution in [1.29, 1.82) is 0 Å². The van der Waals surface area contributed by atoms with Gasteiger partial charge in [-0.1, -0.05) is 7.43 Å². The van der Waals surface area contributed by atoms with Crippen LogP contribution >= 0.6 is 0 Å². The minimum Gasteiger partial charge on any atom is -0.0776 e. The normalized spacial score (nSPS) is 11.0. The summed E-state index contributed by atoms with van der Waals surface area (Å²) in [5, 5.41) is 5.93. The molecular formula is C37H52. The monoisotopic (exact) mass is 496 g/mol. The Morgan fingerprint density at radius 1 is 0.162 bits per heavy atom. The van der Waals surface area contributed by atoms with Gasteiger partial charge >= 0.3 is 0 Å². The van der Waals surface area contributed by atoms with Gasteiger partial charge in [-0.15, -0.1) is 0 Å². The van der Waals surface area contributed by atoms with E-state index in [1.807, 2.05) is 0 Å². The van der Waals surface area contributed by atoms with E-state index in [1.54, 1.807) is 0 Å². The van der Waals surface area contributed by atoms with Gasteiger partial charge < -0.3 is 0 Å². The minimum atomic E-state index is 0. The molecule has 0 spiro atoms. The van der Waals surface area contributed by atoms with Crippen LogP contribution in [0.5, 0.6) is 0 Å². The molecule has 0 unspecified atom stereocenters. The Hall–Kier alpha value is -2.60. The highest BCUT2D eigenvalue weighted by Crippen LogP contribution is 2.38. The van der Waals surface area contributed by atoms with Gasteiger partial charge in [0.1, 0.15) is 0 Å². The molecular weight excluding hydrogens is 444 g/mol. The van der Waals surface area contributed by atoms with Gasteiger partial charge in [-0.3, -0.25) is 0 Å². The van der Waals surface area contributed by atoms with Crippen molar-refractivity contribution < 1.29 is 0 Å². The summed E-state index contributed by atoms with van der Waals surface area (Å²) in [6.07, 6.45) is 0. The molecule has 0 fully saturated rings. The van der Waals surface area contributed by atoms with Crippen molar-refractivity contribution in [3.05, 3.63) is 89.0 Å². The second-order valence-corrected chi connectivity index (χ2v) is 11.5. The van der Waals surface area contributed by atoms with Gasteiger partial charge in [0.15, 0.2) is 0 Å². The average molecular weight is 497 g/mol. The molecule has 4 rings (SSSR count). The third-order valence-corrected chi connectivity index (χ3v) is 10.2. The summed E-state index contributed by atoms with van der Waals surface area (Å²) >= 11 is 0. The summed E-state index contributed by atoms with van der Waals surface area (Å²) in [5.74, 6) is 0. The first kappa shape index (κ1) is 30.6. The second kappa shape index (κ2) is 10.6. The zero-order valence-corrected chi connectivity index (χ0v) is 26.0. The summed E-state index contributed by atoms with van der Waals surface area (Å²) in [7, 11) is 0. The zero-order valence-electron chi connectivity index (χ0n) is 26.0. The Morgan fingerprint density at radius 2 is 0.243 bits per heavy atom. The predicted molar refractivity (Wildman–Crippen MR) is 170 cm³/mol. The van der Waals surface area contributed by atoms with Gasteiger partial charge in [0.2, 0.25) is 0 Å². The van der Waals surface area contributed by atoms with E-state index in [9.17, 15) is 0 Å². The molecule has 0 atom stereocenters. The molecule has 0 bridgehead atoms. The third kappa shape index (κ3) is 4.52. The fraction of sp³-hybridized carbons (Fsp3) is 0.459. The highest BCUT2D eigenvalue weighted by atomic mass is 14.2. The number of hydrogen-bond donors (Lipinski definition) is 0. The van der Waals surface area contributed by atoms with Crippen LogP contribution in [0.4, 0.5) is 0 Å². The van der Waals surface area contributed by atoms with Crippen LogP contribution in [0.3, 0.4) is 0 Å². The zero-order chi connectivity index (χ0) is 27.5. The lowest BCUT2D eigenvalue weighted by Crippen LogP contribution is -2.01. The Bertz CT molecular complexity index is 1210. The van der Waals surface area contributed by atoms with Crippen LogP contribution in [-0.2, 0) is 0 Å². The molecule has 0 aliphatic rings. The molecule has 4 aromatic carbocycles.